The van der Waals surface area contributed by atoms with Gasteiger partial charge in [-0.25, -0.2) is 4.98 Å². The zero-order chi connectivity index (χ0) is 13.1. The molecular formula is C11H13N5O2. The molecule has 0 aliphatic carbocycles. The molecule has 1 atom stereocenters. The van der Waals surface area contributed by atoms with Gasteiger partial charge in [-0.1, -0.05) is 5.16 Å². The molecule has 3 N–H and O–H groups in total. The summed E-state index contributed by atoms with van der Waals surface area (Å²) in [6.45, 7) is 3.98. The predicted molar refractivity (Wildman–Crippen MR) is 64.6 cm³/mol. The smallest absolute Gasteiger partial charge is 0.241 e. The fraction of sp³-hybridized carbons (Fsp3) is 0.364. The van der Waals surface area contributed by atoms with E-state index in [9.17, 15) is 0 Å². The first-order valence-corrected chi connectivity index (χ1v) is 5.46. The maximum atomic E-state index is 9.00. The third kappa shape index (κ3) is 2.13. The van der Waals surface area contributed by atoms with Gasteiger partial charge in [0, 0.05) is 0 Å². The summed E-state index contributed by atoms with van der Waals surface area (Å²) < 4.78 is 5.30. The van der Waals surface area contributed by atoms with E-state index in [2.05, 4.69) is 15.5 Å². The number of anilines is 1. The van der Waals surface area contributed by atoms with Gasteiger partial charge in [-0.3, -0.25) is 0 Å². The molecule has 0 spiro atoms. The van der Waals surface area contributed by atoms with Crippen LogP contribution < -0.4 is 15.8 Å². The Morgan fingerprint density at radius 1 is 1.67 bits per heavy atom. The number of pyridine rings is 1. The highest BCUT2D eigenvalue weighted by Crippen LogP contribution is 2.27. The van der Waals surface area contributed by atoms with Crippen molar-refractivity contribution in [1.82, 2.24) is 10.3 Å². The molecule has 0 aromatic carbocycles. The molecule has 0 amide bonds. The first kappa shape index (κ1) is 12.0. The lowest BCUT2D eigenvalue weighted by Gasteiger charge is -2.13. The number of nitrogens with zero attached hydrogens (tertiary/aromatic N) is 3. The van der Waals surface area contributed by atoms with Crippen molar-refractivity contribution in [1.29, 1.82) is 5.26 Å². The third-order valence-electron chi connectivity index (χ3n) is 2.33. The second-order valence-electron chi connectivity index (χ2n) is 3.67. The monoisotopic (exact) mass is 247 g/mol. The lowest BCUT2D eigenvalue weighted by atomic mass is 10.2. The number of hydrogen-bond donors (Lipinski definition) is 2. The second kappa shape index (κ2) is 4.79. The van der Waals surface area contributed by atoms with Crippen molar-refractivity contribution in [2.75, 3.05) is 12.3 Å². The van der Waals surface area contributed by atoms with Crippen molar-refractivity contribution < 1.29 is 9.57 Å². The van der Waals surface area contributed by atoms with Gasteiger partial charge in [0.25, 0.3) is 0 Å². The Balaban J connectivity index is 2.36. The van der Waals surface area contributed by atoms with Gasteiger partial charge in [0.05, 0.1) is 12.3 Å². The topological polar surface area (TPSA) is 106 Å². The Bertz CT molecular complexity index is 535. The number of aromatic nitrogens is 1. The molecule has 2 heterocycles. The summed E-state index contributed by atoms with van der Waals surface area (Å²) >= 11 is 0. The summed E-state index contributed by atoms with van der Waals surface area (Å²) in [5.41, 5.74) is 6.86. The van der Waals surface area contributed by atoms with Crippen LogP contribution in [-0.2, 0) is 4.84 Å². The van der Waals surface area contributed by atoms with Gasteiger partial charge in [0.2, 0.25) is 12.1 Å². The lowest BCUT2D eigenvalue weighted by molar-refractivity contribution is 0.0692. The molecule has 18 heavy (non-hydrogen) atoms. The molecular weight excluding hydrogens is 234 g/mol. The van der Waals surface area contributed by atoms with Crippen LogP contribution in [0.3, 0.4) is 0 Å². The average Bonchev–Trinajstić information content (AvgIpc) is 2.76. The van der Waals surface area contributed by atoms with Crippen LogP contribution in [0.15, 0.2) is 11.2 Å². The fourth-order valence-electron chi connectivity index (χ4n) is 1.55. The maximum absolute atomic E-state index is 9.00. The number of nitrogen functional groups attached to an aromatic ring is 1. The van der Waals surface area contributed by atoms with Crippen LogP contribution in [0.1, 0.15) is 31.3 Å². The zero-order valence-corrected chi connectivity index (χ0v) is 10.1. The highest BCUT2D eigenvalue weighted by molar-refractivity contribution is 5.80. The SMILES string of the molecule is CCOc1nc(C2NC(C)=NO2)cc(N)c1C#N. The van der Waals surface area contributed by atoms with Gasteiger partial charge in [-0.2, -0.15) is 5.26 Å². The van der Waals surface area contributed by atoms with E-state index < -0.39 is 6.23 Å². The van der Waals surface area contributed by atoms with Crippen LogP contribution in [0.4, 0.5) is 5.69 Å². The molecule has 0 saturated heterocycles. The lowest BCUT2D eigenvalue weighted by Crippen LogP contribution is -2.21. The first-order chi connectivity index (χ1) is 8.65. The van der Waals surface area contributed by atoms with E-state index in [4.69, 9.17) is 20.6 Å². The van der Waals surface area contributed by atoms with Crippen molar-refractivity contribution in [3.63, 3.8) is 0 Å². The van der Waals surface area contributed by atoms with Crippen molar-refractivity contribution in [3.05, 3.63) is 17.3 Å². The zero-order valence-electron chi connectivity index (χ0n) is 10.1. The molecule has 2 rings (SSSR count). The van der Waals surface area contributed by atoms with Gasteiger partial charge in [-0.05, 0) is 19.9 Å². The van der Waals surface area contributed by atoms with Crippen molar-refractivity contribution in [3.8, 4) is 11.9 Å². The quantitative estimate of drug-likeness (QED) is 0.821. The number of ether oxygens (including phenoxy) is 1. The number of rotatable bonds is 3. The summed E-state index contributed by atoms with van der Waals surface area (Å²) in [4.78, 5) is 9.36. The maximum Gasteiger partial charge on any atom is 0.241 e. The summed E-state index contributed by atoms with van der Waals surface area (Å²) in [5.74, 6) is 0.868. The summed E-state index contributed by atoms with van der Waals surface area (Å²) in [5, 5.41) is 15.7. The van der Waals surface area contributed by atoms with E-state index in [-0.39, 0.29) is 11.4 Å². The molecule has 1 unspecified atom stereocenters. The van der Waals surface area contributed by atoms with Crippen LogP contribution in [0.2, 0.25) is 0 Å². The molecule has 0 bridgehead atoms. The number of nitrogens with two attached hydrogens (primary N) is 1. The number of amidine groups is 1. The minimum atomic E-state index is -0.501. The minimum Gasteiger partial charge on any atom is -0.477 e. The molecule has 1 aliphatic rings. The molecule has 7 nitrogen and oxygen atoms in total. The van der Waals surface area contributed by atoms with Gasteiger partial charge >= 0.3 is 0 Å². The highest BCUT2D eigenvalue weighted by atomic mass is 16.7. The number of nitrogens with one attached hydrogen (secondary N) is 1. The van der Waals surface area contributed by atoms with Crippen LogP contribution in [0, 0.1) is 11.3 Å². The summed E-state index contributed by atoms with van der Waals surface area (Å²) in [6.07, 6.45) is -0.501. The van der Waals surface area contributed by atoms with E-state index in [1.54, 1.807) is 13.0 Å². The molecule has 0 radical (unpaired) electrons. The van der Waals surface area contributed by atoms with E-state index in [1.165, 1.54) is 0 Å². The Morgan fingerprint density at radius 3 is 3.00 bits per heavy atom. The predicted octanol–water partition coefficient (Wildman–Crippen LogP) is 0.886. The standard InChI is InChI=1S/C11H13N5O2/c1-3-17-10-7(5-12)8(13)4-9(15-10)11-14-6(2)16-18-11/h4,11H,3H2,1-2H3,(H2,13,15)(H,14,16). The van der Waals surface area contributed by atoms with Crippen molar-refractivity contribution in [2.45, 2.75) is 20.1 Å². The van der Waals surface area contributed by atoms with Crippen LogP contribution >= 0.6 is 0 Å². The molecule has 94 valence electrons. The number of oxime groups is 1. The van der Waals surface area contributed by atoms with Crippen molar-refractivity contribution in [2.24, 2.45) is 5.16 Å². The molecule has 7 heteroatoms. The molecule has 1 aliphatic heterocycles. The number of hydrogen-bond acceptors (Lipinski definition) is 7. The van der Waals surface area contributed by atoms with Gasteiger partial charge < -0.3 is 20.6 Å². The Hall–Kier alpha value is -2.49. The summed E-state index contributed by atoms with van der Waals surface area (Å²) in [6, 6.07) is 3.55. The van der Waals surface area contributed by atoms with E-state index in [0.29, 0.717) is 23.8 Å². The second-order valence-corrected chi connectivity index (χ2v) is 3.67. The van der Waals surface area contributed by atoms with Crippen LogP contribution in [0.25, 0.3) is 0 Å². The van der Waals surface area contributed by atoms with E-state index >= 15 is 0 Å². The molecule has 0 fully saturated rings. The largest absolute Gasteiger partial charge is 0.477 e. The van der Waals surface area contributed by atoms with Gasteiger partial charge in [0.1, 0.15) is 23.2 Å². The minimum absolute atomic E-state index is 0.213. The van der Waals surface area contributed by atoms with E-state index in [0.717, 1.165) is 0 Å². The van der Waals surface area contributed by atoms with Gasteiger partial charge in [0.15, 0.2) is 0 Å². The third-order valence-corrected chi connectivity index (χ3v) is 2.33. The Kier molecular flexibility index (Phi) is 3.19. The molecule has 0 saturated carbocycles. The normalized spacial score (nSPS) is 17.4. The molecule has 1 aromatic heterocycles. The average molecular weight is 247 g/mol. The van der Waals surface area contributed by atoms with Crippen molar-refractivity contribution >= 4 is 11.5 Å². The Morgan fingerprint density at radius 2 is 2.44 bits per heavy atom. The van der Waals surface area contributed by atoms with Crippen LogP contribution in [0.5, 0.6) is 5.88 Å². The highest BCUT2D eigenvalue weighted by Gasteiger charge is 2.23. The first-order valence-electron chi connectivity index (χ1n) is 5.46. The van der Waals surface area contributed by atoms with E-state index in [1.807, 2.05) is 13.0 Å². The number of nitriles is 1. The summed E-state index contributed by atoms with van der Waals surface area (Å²) in [7, 11) is 0. The van der Waals surface area contributed by atoms with Gasteiger partial charge in [-0.15, -0.1) is 0 Å². The fourth-order valence-corrected chi connectivity index (χ4v) is 1.55. The Labute approximate surface area is 104 Å². The molecule has 1 aromatic rings. The van der Waals surface area contributed by atoms with Crippen LogP contribution in [-0.4, -0.2) is 17.4 Å².